The number of rotatable bonds is 5. The van der Waals surface area contributed by atoms with E-state index in [1.54, 1.807) is 6.92 Å². The molecule has 0 spiro atoms. The molecule has 8 nitrogen and oxygen atoms in total. The van der Waals surface area contributed by atoms with Crippen molar-refractivity contribution in [2.45, 2.75) is 33.4 Å². The molecular formula is C19H17ClN4O4. The SMILES string of the molecule is CC#CCn1c(Cl)nc2c1c(=O)n(CCc1ccccc1)c(=O)n2OC(C)=O. The van der Waals surface area contributed by atoms with E-state index in [1.165, 1.54) is 4.57 Å². The van der Waals surface area contributed by atoms with Crippen LogP contribution in [-0.4, -0.2) is 24.8 Å². The number of carbonyl (C=O) groups is 1. The third-order valence-electron chi connectivity index (χ3n) is 4.05. The molecule has 0 atom stereocenters. The monoisotopic (exact) mass is 400 g/mol. The summed E-state index contributed by atoms with van der Waals surface area (Å²) in [7, 11) is 0. The fourth-order valence-corrected chi connectivity index (χ4v) is 3.00. The lowest BCUT2D eigenvalue weighted by Crippen LogP contribution is -2.44. The van der Waals surface area contributed by atoms with Gasteiger partial charge in [-0.25, -0.2) is 9.59 Å². The first-order valence-corrected chi connectivity index (χ1v) is 8.86. The minimum Gasteiger partial charge on any atom is -0.330 e. The van der Waals surface area contributed by atoms with Crippen LogP contribution in [-0.2, 0) is 24.3 Å². The number of fused-ring (bicyclic) bond motifs is 1. The molecule has 9 heteroatoms. The third kappa shape index (κ3) is 3.70. The highest BCUT2D eigenvalue weighted by Crippen LogP contribution is 2.15. The van der Waals surface area contributed by atoms with Crippen molar-refractivity contribution in [1.29, 1.82) is 0 Å². The van der Waals surface area contributed by atoms with Crippen LogP contribution in [0.4, 0.5) is 0 Å². The Morgan fingerprint density at radius 1 is 1.21 bits per heavy atom. The molecule has 2 heterocycles. The Hall–Kier alpha value is -3.31. The van der Waals surface area contributed by atoms with Crippen molar-refractivity contribution in [3.63, 3.8) is 0 Å². The van der Waals surface area contributed by atoms with E-state index in [0.717, 1.165) is 17.1 Å². The van der Waals surface area contributed by atoms with Gasteiger partial charge in [-0.3, -0.25) is 13.9 Å². The van der Waals surface area contributed by atoms with E-state index in [4.69, 9.17) is 16.4 Å². The lowest BCUT2D eigenvalue weighted by atomic mass is 10.1. The van der Waals surface area contributed by atoms with E-state index >= 15 is 0 Å². The standard InChI is InChI=1S/C19H17ClN4O4/c1-3-4-11-22-15-16(21-18(22)20)24(28-13(2)25)19(27)23(17(15)26)12-10-14-8-6-5-7-9-14/h5-9H,10-12H2,1-2H3. The molecule has 0 saturated heterocycles. The van der Waals surface area contributed by atoms with Crippen LogP contribution in [0.1, 0.15) is 19.4 Å². The average molecular weight is 401 g/mol. The second-order valence-electron chi connectivity index (χ2n) is 5.92. The molecule has 3 aromatic rings. The van der Waals surface area contributed by atoms with Crippen molar-refractivity contribution < 1.29 is 9.63 Å². The highest BCUT2D eigenvalue weighted by atomic mass is 35.5. The Morgan fingerprint density at radius 3 is 2.57 bits per heavy atom. The Labute approximate surface area is 164 Å². The van der Waals surface area contributed by atoms with Crippen molar-refractivity contribution in [2.75, 3.05) is 0 Å². The third-order valence-corrected chi connectivity index (χ3v) is 4.34. The number of carbonyl (C=O) groups excluding carboxylic acids is 1. The van der Waals surface area contributed by atoms with Gasteiger partial charge in [-0.05, 0) is 30.5 Å². The maximum atomic E-state index is 13.0. The van der Waals surface area contributed by atoms with Gasteiger partial charge < -0.3 is 4.84 Å². The molecule has 0 radical (unpaired) electrons. The normalized spacial score (nSPS) is 10.5. The van der Waals surface area contributed by atoms with Gasteiger partial charge in [-0.1, -0.05) is 41.0 Å². The number of benzene rings is 1. The molecule has 0 fully saturated rings. The second kappa shape index (κ2) is 8.15. The summed E-state index contributed by atoms with van der Waals surface area (Å²) in [5, 5.41) is -0.0315. The zero-order chi connectivity index (χ0) is 20.3. The number of imidazole rings is 1. The molecule has 0 unspecified atom stereocenters. The number of nitrogens with zero attached hydrogens (tertiary/aromatic N) is 4. The van der Waals surface area contributed by atoms with Crippen LogP contribution in [0.25, 0.3) is 11.2 Å². The number of aromatic nitrogens is 4. The van der Waals surface area contributed by atoms with Crippen molar-refractivity contribution >= 4 is 28.7 Å². The lowest BCUT2D eigenvalue weighted by Gasteiger charge is -2.11. The number of halogens is 1. The van der Waals surface area contributed by atoms with Gasteiger partial charge in [0, 0.05) is 13.5 Å². The van der Waals surface area contributed by atoms with E-state index in [9.17, 15) is 14.4 Å². The predicted octanol–water partition coefficient (Wildman–Crippen LogP) is 1.25. The largest absolute Gasteiger partial charge is 0.366 e. The highest BCUT2D eigenvalue weighted by Gasteiger charge is 2.22. The average Bonchev–Trinajstić information content (AvgIpc) is 3.00. The van der Waals surface area contributed by atoms with Gasteiger partial charge in [0.2, 0.25) is 10.9 Å². The van der Waals surface area contributed by atoms with E-state index in [2.05, 4.69) is 16.8 Å². The summed E-state index contributed by atoms with van der Waals surface area (Å²) in [5.41, 5.74) is -0.495. The van der Waals surface area contributed by atoms with Crippen molar-refractivity contribution in [3.8, 4) is 11.8 Å². The molecule has 28 heavy (non-hydrogen) atoms. The van der Waals surface area contributed by atoms with Gasteiger partial charge >= 0.3 is 11.7 Å². The molecule has 0 amide bonds. The van der Waals surface area contributed by atoms with Crippen LogP contribution in [0.3, 0.4) is 0 Å². The zero-order valence-electron chi connectivity index (χ0n) is 15.3. The van der Waals surface area contributed by atoms with Gasteiger partial charge in [-0.2, -0.15) is 4.98 Å². The van der Waals surface area contributed by atoms with Gasteiger partial charge in [-0.15, -0.1) is 5.92 Å². The number of hydrogen-bond donors (Lipinski definition) is 0. The molecule has 0 bridgehead atoms. The van der Waals surface area contributed by atoms with Crippen molar-refractivity contribution in [2.24, 2.45) is 0 Å². The number of hydrogen-bond acceptors (Lipinski definition) is 5. The Bertz CT molecular complexity index is 1210. The van der Waals surface area contributed by atoms with Crippen LogP contribution in [0.2, 0.25) is 5.28 Å². The summed E-state index contributed by atoms with van der Waals surface area (Å²) in [4.78, 5) is 46.4. The smallest absolute Gasteiger partial charge is 0.330 e. The van der Waals surface area contributed by atoms with Crippen LogP contribution in [0.5, 0.6) is 0 Å². The summed E-state index contributed by atoms with van der Waals surface area (Å²) >= 11 is 6.14. The maximum Gasteiger partial charge on any atom is 0.366 e. The molecule has 3 rings (SSSR count). The van der Waals surface area contributed by atoms with Crippen LogP contribution in [0.15, 0.2) is 39.9 Å². The van der Waals surface area contributed by atoms with E-state index in [1.807, 2.05) is 30.3 Å². The van der Waals surface area contributed by atoms with Crippen molar-refractivity contribution in [3.05, 3.63) is 62.0 Å². The summed E-state index contributed by atoms with van der Waals surface area (Å²) in [5.74, 6) is 4.80. The summed E-state index contributed by atoms with van der Waals surface area (Å²) in [6.45, 7) is 3.01. The van der Waals surface area contributed by atoms with Gasteiger partial charge in [0.1, 0.15) is 0 Å². The summed E-state index contributed by atoms with van der Waals surface area (Å²) < 4.78 is 3.09. The Morgan fingerprint density at radius 2 is 1.93 bits per heavy atom. The van der Waals surface area contributed by atoms with E-state index < -0.39 is 17.2 Å². The lowest BCUT2D eigenvalue weighted by molar-refractivity contribution is -0.141. The minimum atomic E-state index is -0.800. The molecule has 0 aliphatic carbocycles. The molecule has 0 N–H and O–H groups in total. The maximum absolute atomic E-state index is 13.0. The molecule has 144 valence electrons. The quantitative estimate of drug-likeness (QED) is 0.475. The van der Waals surface area contributed by atoms with Gasteiger partial charge in [0.25, 0.3) is 5.56 Å². The van der Waals surface area contributed by atoms with Gasteiger partial charge in [0.15, 0.2) is 5.52 Å². The van der Waals surface area contributed by atoms with E-state index in [0.29, 0.717) is 11.2 Å². The molecule has 0 aliphatic heterocycles. The molecule has 1 aromatic carbocycles. The first-order chi connectivity index (χ1) is 13.4. The number of aryl methyl sites for hydroxylation is 1. The Kier molecular flexibility index (Phi) is 5.66. The molecule has 0 aliphatic rings. The first kappa shape index (κ1) is 19.5. The summed E-state index contributed by atoms with van der Waals surface area (Å²) in [6, 6.07) is 9.41. The van der Waals surface area contributed by atoms with Crippen molar-refractivity contribution in [1.82, 2.24) is 18.8 Å². The van der Waals surface area contributed by atoms with Gasteiger partial charge in [0.05, 0.1) is 6.54 Å². The topological polar surface area (TPSA) is 88.1 Å². The first-order valence-electron chi connectivity index (χ1n) is 8.48. The highest BCUT2D eigenvalue weighted by molar-refractivity contribution is 6.29. The van der Waals surface area contributed by atoms with Crippen LogP contribution >= 0.6 is 11.6 Å². The molecule has 2 aromatic heterocycles. The fraction of sp³-hybridized carbons (Fsp3) is 0.263. The van der Waals surface area contributed by atoms with E-state index in [-0.39, 0.29) is 29.5 Å². The second-order valence-corrected chi connectivity index (χ2v) is 6.26. The predicted molar refractivity (Wildman–Crippen MR) is 104 cm³/mol. The summed E-state index contributed by atoms with van der Waals surface area (Å²) in [6.07, 6.45) is 0.443. The Balaban J connectivity index is 2.21. The zero-order valence-corrected chi connectivity index (χ0v) is 16.1. The molecular weight excluding hydrogens is 384 g/mol. The molecule has 0 saturated carbocycles. The fourth-order valence-electron chi connectivity index (χ4n) is 2.78. The minimum absolute atomic E-state index is 0.0315. The van der Waals surface area contributed by atoms with Crippen LogP contribution in [0, 0.1) is 11.8 Å². The van der Waals surface area contributed by atoms with Crippen LogP contribution < -0.4 is 16.1 Å².